The Kier molecular flexibility index (Phi) is 52.6. The van der Waals surface area contributed by atoms with Gasteiger partial charge < -0.3 is 10.6 Å². The van der Waals surface area contributed by atoms with Gasteiger partial charge in [0.15, 0.2) is 0 Å². The summed E-state index contributed by atoms with van der Waals surface area (Å²) in [4.78, 5) is 9.00. The van der Waals surface area contributed by atoms with Crippen LogP contribution in [0.3, 0.4) is 0 Å². The number of hydrogen-bond donors (Lipinski definition) is 1. The summed E-state index contributed by atoms with van der Waals surface area (Å²) in [6.45, 7) is 1.08. The summed E-state index contributed by atoms with van der Waals surface area (Å²) < 4.78 is 0. The number of aliphatic carboxylic acids is 1. The number of carboxylic acid groups (broad SMARTS) is 1. The van der Waals surface area contributed by atoms with Crippen LogP contribution in [0.5, 0.6) is 0 Å². The van der Waals surface area contributed by atoms with E-state index < -0.39 is 5.97 Å². The first-order valence-electron chi connectivity index (χ1n) is 0.928. The fourth-order valence-electron chi connectivity index (χ4n) is 0. The van der Waals surface area contributed by atoms with Crippen LogP contribution >= 0.6 is 0 Å². The van der Waals surface area contributed by atoms with Crippen LogP contribution in [0, 0.1) is 0 Å². The molecule has 0 aliphatic heterocycles. The monoisotopic (exact) mass is 176 g/mol. The molecule has 0 fully saturated rings. The molecule has 0 radical (unpaired) electrons. The molecule has 7 heavy (non-hydrogen) atoms. The zero-order valence-electron chi connectivity index (χ0n) is 3.17. The van der Waals surface area contributed by atoms with Gasteiger partial charge in [0.25, 0.3) is 5.97 Å². The van der Waals surface area contributed by atoms with E-state index in [9.17, 15) is 0 Å². The molecule has 5 heteroatoms. The Morgan fingerprint density at radius 2 is 1.57 bits per heavy atom. The van der Waals surface area contributed by atoms with Gasteiger partial charge in [-0.15, -0.1) is 0 Å². The summed E-state index contributed by atoms with van der Waals surface area (Å²) in [5.74, 6) is -0.833. The van der Waals surface area contributed by atoms with Crippen molar-refractivity contribution in [1.29, 1.82) is 0 Å². The van der Waals surface area contributed by atoms with Crippen molar-refractivity contribution in [2.75, 3.05) is 0 Å². The molecule has 3 nitrogen and oxygen atoms in total. The third kappa shape index (κ3) is 96.0. The van der Waals surface area contributed by atoms with Gasteiger partial charge in [0, 0.05) is 23.4 Å². The average Bonchev–Trinajstić information content (AvgIpc) is 0.811. The van der Waals surface area contributed by atoms with Gasteiger partial charge in [-0.25, -0.2) is 0 Å². The third-order valence-electron chi connectivity index (χ3n) is 0. The van der Waals surface area contributed by atoms with E-state index in [0.29, 0.717) is 0 Å². The topological polar surface area (TPSA) is 68.8 Å². The Hall–Kier alpha value is 1.56. The van der Waals surface area contributed by atoms with Crippen LogP contribution in [0.1, 0.15) is 6.92 Å². The maximum Gasteiger partial charge on any atom is 0 e. The van der Waals surface area contributed by atoms with E-state index in [0.717, 1.165) is 6.92 Å². The predicted molar refractivity (Wildman–Crippen MR) is 24.1 cm³/mol. The zero-order valence-corrected chi connectivity index (χ0v) is 4.16. The summed E-state index contributed by atoms with van der Waals surface area (Å²) in [6, 6.07) is 0. The van der Waals surface area contributed by atoms with Gasteiger partial charge in [0.05, 0.1) is 0 Å². The molecule has 0 spiro atoms. The molecule has 0 bridgehead atoms. The van der Waals surface area contributed by atoms with Crippen molar-refractivity contribution in [2.45, 2.75) is 6.92 Å². The predicted octanol–water partition coefficient (Wildman–Crippen LogP) is -1.38. The number of carbonyl (C=O) groups is 1. The first-order valence-corrected chi connectivity index (χ1v) is 0.928. The Balaban J connectivity index is -0.0000000150. The molecule has 0 unspecified atom stereocenters. The van der Waals surface area contributed by atoms with Gasteiger partial charge in [0.2, 0.25) is 0 Å². The third-order valence-corrected chi connectivity index (χ3v) is 0. The van der Waals surface area contributed by atoms with E-state index in [-0.39, 0.29) is 73.4 Å². The standard InChI is InChI=1S/C2H4O2.K.Ni.H2O.H/c1-2(3)4;;;;/h1H3,(H,3,4);;;1H2;. The summed E-state index contributed by atoms with van der Waals surface area (Å²) >= 11 is 0. The number of hydrogen-bond acceptors (Lipinski definition) is 1. The molecule has 0 amide bonds. The van der Waals surface area contributed by atoms with Gasteiger partial charge in [0.1, 0.15) is 0 Å². The van der Waals surface area contributed by atoms with Crippen molar-refractivity contribution >= 4 is 57.4 Å². The van der Waals surface area contributed by atoms with Crippen molar-refractivity contribution in [3.63, 3.8) is 0 Å². The zero-order chi connectivity index (χ0) is 3.58. The molecular formula is C2H7KNiO3. The van der Waals surface area contributed by atoms with E-state index in [1.807, 2.05) is 0 Å². The minimum atomic E-state index is -0.833. The van der Waals surface area contributed by atoms with Crippen LogP contribution in [0.25, 0.3) is 0 Å². The summed E-state index contributed by atoms with van der Waals surface area (Å²) in [5, 5.41) is 7.42. The van der Waals surface area contributed by atoms with Gasteiger partial charge in [-0.3, -0.25) is 4.79 Å². The van der Waals surface area contributed by atoms with Crippen LogP contribution in [0.2, 0.25) is 0 Å². The molecular weight excluding hydrogens is 170 g/mol. The average molecular weight is 177 g/mol. The quantitative estimate of drug-likeness (QED) is 0.463. The van der Waals surface area contributed by atoms with Crippen molar-refractivity contribution in [1.82, 2.24) is 0 Å². The van der Waals surface area contributed by atoms with Crippen LogP contribution in [0.4, 0.5) is 0 Å². The van der Waals surface area contributed by atoms with E-state index in [4.69, 9.17) is 9.90 Å². The second-order valence-corrected chi connectivity index (χ2v) is 0.519. The van der Waals surface area contributed by atoms with Gasteiger partial charge >= 0.3 is 51.4 Å². The molecule has 0 saturated heterocycles. The van der Waals surface area contributed by atoms with Gasteiger partial charge in [-0.05, 0) is 0 Å². The van der Waals surface area contributed by atoms with E-state index >= 15 is 0 Å². The minimum Gasteiger partial charge on any atom is 0 e. The second-order valence-electron chi connectivity index (χ2n) is 0.519. The number of rotatable bonds is 0. The Bertz CT molecular complexity index is 35.9. The summed E-state index contributed by atoms with van der Waals surface area (Å²) in [7, 11) is 0. The minimum absolute atomic E-state index is 0. The van der Waals surface area contributed by atoms with Crippen molar-refractivity contribution in [3.8, 4) is 0 Å². The number of carboxylic acids is 1. The maximum atomic E-state index is 9.00. The second kappa shape index (κ2) is 15.6. The fourth-order valence-corrected chi connectivity index (χ4v) is 0. The smallest absolute Gasteiger partial charge is 0 e. The van der Waals surface area contributed by atoms with E-state index in [2.05, 4.69) is 0 Å². The molecule has 0 heterocycles. The van der Waals surface area contributed by atoms with Crippen LogP contribution in [0.15, 0.2) is 0 Å². The van der Waals surface area contributed by atoms with Crippen molar-refractivity contribution in [2.24, 2.45) is 0 Å². The van der Waals surface area contributed by atoms with Gasteiger partial charge in [-0.2, -0.15) is 0 Å². The molecule has 0 aromatic heterocycles. The molecule has 0 aliphatic rings. The molecule has 0 aliphatic carbocycles. The molecule has 3 N–H and O–H groups in total. The Morgan fingerprint density at radius 1 is 1.57 bits per heavy atom. The van der Waals surface area contributed by atoms with Crippen LogP contribution in [-0.2, 0) is 21.3 Å². The van der Waals surface area contributed by atoms with Crippen molar-refractivity contribution in [3.05, 3.63) is 0 Å². The van der Waals surface area contributed by atoms with Crippen molar-refractivity contribution < 1.29 is 31.9 Å². The van der Waals surface area contributed by atoms with E-state index in [1.54, 1.807) is 0 Å². The van der Waals surface area contributed by atoms with Crippen LogP contribution in [-0.4, -0.2) is 67.9 Å². The molecule has 0 rings (SSSR count). The van der Waals surface area contributed by atoms with Gasteiger partial charge in [-0.1, -0.05) is 0 Å². The summed E-state index contributed by atoms with van der Waals surface area (Å²) in [6.07, 6.45) is 0. The molecule has 44 valence electrons. The normalized spacial score (nSPS) is 3.57. The first kappa shape index (κ1) is 23.5. The molecule has 0 aromatic rings. The first-order chi connectivity index (χ1) is 1.73. The SMILES string of the molecule is CC(=O)O.O.[KH].[Ni]. The van der Waals surface area contributed by atoms with Crippen LogP contribution < -0.4 is 0 Å². The molecule has 0 saturated carbocycles. The molecule has 0 atom stereocenters. The fraction of sp³-hybridized carbons (Fsp3) is 0.500. The largest absolute Gasteiger partial charge is 0 e. The maximum absolute atomic E-state index is 9.00. The Labute approximate surface area is 94.5 Å². The Morgan fingerprint density at radius 3 is 1.57 bits per heavy atom. The molecule has 0 aromatic carbocycles. The van der Waals surface area contributed by atoms with E-state index in [1.165, 1.54) is 0 Å². The summed E-state index contributed by atoms with van der Waals surface area (Å²) in [5.41, 5.74) is 0.